The molecule has 0 bridgehead atoms. The molecule has 1 aliphatic rings. The summed E-state index contributed by atoms with van der Waals surface area (Å²) in [6, 6.07) is 4.21. The highest BCUT2D eigenvalue weighted by molar-refractivity contribution is 7.10. The van der Waals surface area contributed by atoms with Gasteiger partial charge in [0, 0.05) is 23.3 Å². The lowest BCUT2D eigenvalue weighted by atomic mass is 9.91. The van der Waals surface area contributed by atoms with Crippen molar-refractivity contribution in [3.05, 3.63) is 22.4 Å². The van der Waals surface area contributed by atoms with Crippen LogP contribution in [0.5, 0.6) is 0 Å². The van der Waals surface area contributed by atoms with Gasteiger partial charge in [-0.3, -0.25) is 4.79 Å². The van der Waals surface area contributed by atoms with Crippen LogP contribution in [0, 0.1) is 5.92 Å². The Balaban J connectivity index is 1.69. The lowest BCUT2D eigenvalue weighted by molar-refractivity contribution is -0.121. The smallest absolute Gasteiger partial charge is 0.220 e. The number of hydrogen-bond acceptors (Lipinski definition) is 3. The normalized spacial score (nSPS) is 17.1. The molecule has 1 aliphatic heterocycles. The molecule has 2 N–H and O–H groups in total. The Morgan fingerprint density at radius 1 is 1.45 bits per heavy atom. The summed E-state index contributed by atoms with van der Waals surface area (Å²) in [5.74, 6) is 0.931. The van der Waals surface area contributed by atoms with Gasteiger partial charge in [0.25, 0.3) is 0 Å². The molecule has 0 aromatic carbocycles. The van der Waals surface area contributed by atoms with Gasteiger partial charge in [-0.05, 0) is 49.7 Å². The predicted octanol–water partition coefficient (Wildman–Crippen LogP) is 2.92. The number of carbonyl (C=O) groups excluding carboxylic acids is 1. The Morgan fingerprint density at radius 2 is 2.20 bits per heavy atom. The highest BCUT2D eigenvalue weighted by atomic mass is 32.1. The molecule has 1 saturated heterocycles. The number of hydrogen-bond donors (Lipinski definition) is 2. The summed E-state index contributed by atoms with van der Waals surface area (Å²) in [5.41, 5.74) is 0.0264. The molecule has 1 amide bonds. The molecular weight excluding hydrogens is 268 g/mol. The summed E-state index contributed by atoms with van der Waals surface area (Å²) in [6.07, 6.45) is 4.14. The van der Waals surface area contributed by atoms with Crippen molar-refractivity contribution in [2.45, 2.75) is 44.9 Å². The Labute approximate surface area is 126 Å². The molecule has 20 heavy (non-hydrogen) atoms. The highest BCUT2D eigenvalue weighted by Gasteiger charge is 2.22. The third-order valence-electron chi connectivity index (χ3n) is 4.15. The van der Waals surface area contributed by atoms with Gasteiger partial charge >= 0.3 is 0 Å². The lowest BCUT2D eigenvalue weighted by Crippen LogP contribution is -2.36. The summed E-state index contributed by atoms with van der Waals surface area (Å²) in [5, 5.41) is 8.56. The second-order valence-electron chi connectivity index (χ2n) is 6.37. The first-order valence-electron chi connectivity index (χ1n) is 7.59. The minimum Gasteiger partial charge on any atom is -0.355 e. The lowest BCUT2D eigenvalue weighted by Gasteiger charge is -2.25. The van der Waals surface area contributed by atoms with E-state index in [1.165, 1.54) is 17.7 Å². The molecule has 1 aromatic rings. The molecule has 0 saturated carbocycles. The van der Waals surface area contributed by atoms with Crippen LogP contribution >= 0.6 is 11.3 Å². The first kappa shape index (κ1) is 15.5. The number of piperidine rings is 1. The second-order valence-corrected chi connectivity index (χ2v) is 7.32. The maximum absolute atomic E-state index is 12.0. The summed E-state index contributed by atoms with van der Waals surface area (Å²) in [6.45, 7) is 7.31. The first-order valence-corrected chi connectivity index (χ1v) is 8.47. The van der Waals surface area contributed by atoms with Gasteiger partial charge in [-0.15, -0.1) is 11.3 Å². The minimum absolute atomic E-state index is 0.0264. The largest absolute Gasteiger partial charge is 0.355 e. The van der Waals surface area contributed by atoms with Crippen LogP contribution in [0.3, 0.4) is 0 Å². The predicted molar refractivity (Wildman–Crippen MR) is 85.2 cm³/mol. The Hall–Kier alpha value is -0.870. The molecule has 112 valence electrons. The van der Waals surface area contributed by atoms with E-state index in [0.29, 0.717) is 6.42 Å². The van der Waals surface area contributed by atoms with E-state index in [0.717, 1.165) is 32.0 Å². The van der Waals surface area contributed by atoms with Crippen molar-refractivity contribution < 1.29 is 4.79 Å². The van der Waals surface area contributed by atoms with Crippen LogP contribution in [0.4, 0.5) is 0 Å². The molecule has 2 rings (SSSR count). The molecule has 1 aromatic heterocycles. The number of rotatable bonds is 6. The fourth-order valence-corrected chi connectivity index (χ4v) is 3.52. The van der Waals surface area contributed by atoms with Crippen molar-refractivity contribution in [2.24, 2.45) is 5.92 Å². The number of thiophene rings is 1. The molecule has 0 radical (unpaired) electrons. The van der Waals surface area contributed by atoms with Crippen molar-refractivity contribution in [1.82, 2.24) is 10.6 Å². The van der Waals surface area contributed by atoms with Crippen LogP contribution in [0.15, 0.2) is 17.5 Å². The van der Waals surface area contributed by atoms with Gasteiger partial charge in [0.2, 0.25) is 5.91 Å². The maximum Gasteiger partial charge on any atom is 0.220 e. The van der Waals surface area contributed by atoms with Crippen molar-refractivity contribution in [3.63, 3.8) is 0 Å². The van der Waals surface area contributed by atoms with E-state index in [9.17, 15) is 4.79 Å². The topological polar surface area (TPSA) is 41.1 Å². The van der Waals surface area contributed by atoms with Crippen molar-refractivity contribution in [1.29, 1.82) is 0 Å². The zero-order chi connectivity index (χ0) is 14.4. The van der Waals surface area contributed by atoms with E-state index in [4.69, 9.17) is 0 Å². The monoisotopic (exact) mass is 294 g/mol. The quantitative estimate of drug-likeness (QED) is 0.847. The van der Waals surface area contributed by atoms with Crippen molar-refractivity contribution in [2.75, 3.05) is 19.6 Å². The van der Waals surface area contributed by atoms with Gasteiger partial charge in [-0.2, -0.15) is 0 Å². The SMILES string of the molecule is CC(C)(CNC(=O)CCC1CCNCC1)c1cccs1. The first-order chi connectivity index (χ1) is 9.58. The zero-order valence-corrected chi connectivity index (χ0v) is 13.4. The third-order valence-corrected chi connectivity index (χ3v) is 5.39. The van der Waals surface area contributed by atoms with Crippen LogP contribution in [0.25, 0.3) is 0 Å². The highest BCUT2D eigenvalue weighted by Crippen LogP contribution is 2.26. The van der Waals surface area contributed by atoms with Crippen LogP contribution in [0.2, 0.25) is 0 Å². The average molecular weight is 294 g/mol. The standard InChI is InChI=1S/C16H26N2OS/c1-16(2,14-4-3-11-20-14)12-18-15(19)6-5-13-7-9-17-10-8-13/h3-4,11,13,17H,5-10,12H2,1-2H3,(H,18,19). The molecule has 1 fully saturated rings. The maximum atomic E-state index is 12.0. The van der Waals surface area contributed by atoms with E-state index in [1.54, 1.807) is 11.3 Å². The van der Waals surface area contributed by atoms with Crippen LogP contribution in [0.1, 0.15) is 44.4 Å². The van der Waals surface area contributed by atoms with Crippen LogP contribution < -0.4 is 10.6 Å². The van der Waals surface area contributed by atoms with Crippen molar-refractivity contribution >= 4 is 17.2 Å². The fraction of sp³-hybridized carbons (Fsp3) is 0.688. The van der Waals surface area contributed by atoms with Gasteiger partial charge in [-0.1, -0.05) is 19.9 Å². The second kappa shape index (κ2) is 7.23. The molecule has 0 atom stereocenters. The minimum atomic E-state index is 0.0264. The Bertz CT molecular complexity index is 408. The Kier molecular flexibility index (Phi) is 5.61. The molecule has 3 nitrogen and oxygen atoms in total. The molecular formula is C16H26N2OS. The van der Waals surface area contributed by atoms with E-state index in [2.05, 4.69) is 42.0 Å². The number of amides is 1. The van der Waals surface area contributed by atoms with Gasteiger partial charge in [0.05, 0.1) is 0 Å². The fourth-order valence-electron chi connectivity index (χ4n) is 2.66. The van der Waals surface area contributed by atoms with Crippen molar-refractivity contribution in [3.8, 4) is 0 Å². The molecule has 0 spiro atoms. The summed E-state index contributed by atoms with van der Waals surface area (Å²) >= 11 is 1.76. The summed E-state index contributed by atoms with van der Waals surface area (Å²) < 4.78 is 0. The number of nitrogens with one attached hydrogen (secondary N) is 2. The van der Waals surface area contributed by atoms with E-state index < -0.39 is 0 Å². The average Bonchev–Trinajstić information content (AvgIpc) is 2.99. The van der Waals surface area contributed by atoms with Crippen LogP contribution in [-0.4, -0.2) is 25.5 Å². The summed E-state index contributed by atoms with van der Waals surface area (Å²) in [4.78, 5) is 13.3. The third kappa shape index (κ3) is 4.60. The Morgan fingerprint density at radius 3 is 2.85 bits per heavy atom. The zero-order valence-electron chi connectivity index (χ0n) is 12.6. The molecule has 4 heteroatoms. The van der Waals surface area contributed by atoms with E-state index in [1.807, 2.05) is 0 Å². The molecule has 2 heterocycles. The number of carbonyl (C=O) groups is 1. The molecule has 0 unspecified atom stereocenters. The van der Waals surface area contributed by atoms with Gasteiger partial charge in [0.15, 0.2) is 0 Å². The van der Waals surface area contributed by atoms with Gasteiger partial charge in [0.1, 0.15) is 0 Å². The molecule has 0 aliphatic carbocycles. The van der Waals surface area contributed by atoms with E-state index in [-0.39, 0.29) is 11.3 Å². The van der Waals surface area contributed by atoms with Gasteiger partial charge < -0.3 is 10.6 Å². The van der Waals surface area contributed by atoms with E-state index >= 15 is 0 Å². The van der Waals surface area contributed by atoms with Crippen LogP contribution in [-0.2, 0) is 10.2 Å². The van der Waals surface area contributed by atoms with Gasteiger partial charge in [-0.25, -0.2) is 0 Å². The summed E-state index contributed by atoms with van der Waals surface area (Å²) in [7, 11) is 0.